The molecular weight excluding hydrogens is 358 g/mol. The van der Waals surface area contributed by atoms with Crippen molar-refractivity contribution in [3.63, 3.8) is 0 Å². The van der Waals surface area contributed by atoms with Gasteiger partial charge in [-0.2, -0.15) is 5.26 Å². The Balaban J connectivity index is 1.53. The Morgan fingerprint density at radius 3 is 2.69 bits per heavy atom. The summed E-state index contributed by atoms with van der Waals surface area (Å²) in [6, 6.07) is 21.6. The molecule has 0 aromatic heterocycles. The van der Waals surface area contributed by atoms with E-state index >= 15 is 0 Å². The molecule has 4 nitrogen and oxygen atoms in total. The van der Waals surface area contributed by atoms with E-state index in [9.17, 15) is 4.79 Å². The molecule has 0 aliphatic carbocycles. The molecule has 1 N–H and O–H groups in total. The van der Waals surface area contributed by atoms with Gasteiger partial charge in [0, 0.05) is 38.0 Å². The normalized spacial score (nSPS) is 17.1. The quantitative estimate of drug-likeness (QED) is 0.640. The first-order valence-electron chi connectivity index (χ1n) is 10.7. The predicted molar refractivity (Wildman–Crippen MR) is 116 cm³/mol. The van der Waals surface area contributed by atoms with Crippen molar-refractivity contribution in [2.24, 2.45) is 0 Å². The topological polar surface area (TPSA) is 56.1 Å². The molecule has 2 aromatic rings. The third-order valence-corrected chi connectivity index (χ3v) is 5.71. The Morgan fingerprint density at radius 1 is 1.21 bits per heavy atom. The van der Waals surface area contributed by atoms with Crippen molar-refractivity contribution in [3.8, 4) is 6.07 Å². The van der Waals surface area contributed by atoms with Crippen molar-refractivity contribution in [1.82, 2.24) is 10.2 Å². The summed E-state index contributed by atoms with van der Waals surface area (Å²) >= 11 is 0. The van der Waals surface area contributed by atoms with Gasteiger partial charge in [0.25, 0.3) is 0 Å². The van der Waals surface area contributed by atoms with Crippen LogP contribution < -0.4 is 5.32 Å². The fourth-order valence-electron chi connectivity index (χ4n) is 3.99. The van der Waals surface area contributed by atoms with E-state index in [1.165, 1.54) is 16.7 Å². The SMILES string of the molecule is Cc1ccc([C@@H](CCCC#N)N[C@H]2CCN(C(=O)CCc3ccccc3)C2)cc1. The van der Waals surface area contributed by atoms with Crippen molar-refractivity contribution in [3.05, 3.63) is 71.3 Å². The Labute approximate surface area is 174 Å². The molecule has 0 radical (unpaired) electrons. The lowest BCUT2D eigenvalue weighted by Gasteiger charge is -2.24. The van der Waals surface area contributed by atoms with Crippen molar-refractivity contribution >= 4 is 5.91 Å². The van der Waals surface area contributed by atoms with Crippen LogP contribution in [0.2, 0.25) is 0 Å². The maximum atomic E-state index is 12.6. The van der Waals surface area contributed by atoms with Crippen LogP contribution in [0.4, 0.5) is 0 Å². The number of nitriles is 1. The van der Waals surface area contributed by atoms with Gasteiger partial charge in [-0.3, -0.25) is 4.79 Å². The molecule has 152 valence electrons. The summed E-state index contributed by atoms with van der Waals surface area (Å²) in [4.78, 5) is 14.6. The monoisotopic (exact) mass is 389 g/mol. The molecule has 0 saturated carbocycles. The molecule has 1 saturated heterocycles. The zero-order valence-corrected chi connectivity index (χ0v) is 17.3. The van der Waals surface area contributed by atoms with E-state index in [0.717, 1.165) is 38.8 Å². The van der Waals surface area contributed by atoms with Gasteiger partial charge in [0.2, 0.25) is 5.91 Å². The van der Waals surface area contributed by atoms with Gasteiger partial charge in [0.05, 0.1) is 6.07 Å². The van der Waals surface area contributed by atoms with Crippen LogP contribution in [-0.2, 0) is 11.2 Å². The van der Waals surface area contributed by atoms with Crippen molar-refractivity contribution in [2.75, 3.05) is 13.1 Å². The van der Waals surface area contributed by atoms with Gasteiger partial charge < -0.3 is 10.2 Å². The number of hydrogen-bond donors (Lipinski definition) is 1. The van der Waals surface area contributed by atoms with Crippen LogP contribution in [0.1, 0.15) is 54.8 Å². The second kappa shape index (κ2) is 10.8. The van der Waals surface area contributed by atoms with Gasteiger partial charge in [-0.25, -0.2) is 0 Å². The zero-order chi connectivity index (χ0) is 20.5. The largest absolute Gasteiger partial charge is 0.341 e. The lowest BCUT2D eigenvalue weighted by atomic mass is 9.99. The summed E-state index contributed by atoms with van der Waals surface area (Å²) < 4.78 is 0. The zero-order valence-electron chi connectivity index (χ0n) is 17.3. The molecule has 29 heavy (non-hydrogen) atoms. The molecule has 2 atom stereocenters. The number of aryl methyl sites for hydroxylation is 2. The molecule has 3 rings (SSSR count). The standard InChI is InChI=1S/C25H31N3O/c1-20-10-13-22(14-11-20)24(9-5-6-17-26)27-23-16-18-28(19-23)25(29)15-12-21-7-3-2-4-8-21/h2-4,7-8,10-11,13-14,23-24,27H,5-6,9,12,15-16,18-19H2,1H3/t23-,24+/m0/s1. The van der Waals surface area contributed by atoms with Gasteiger partial charge in [0.15, 0.2) is 0 Å². The number of amides is 1. The van der Waals surface area contributed by atoms with Crippen LogP contribution in [0.3, 0.4) is 0 Å². The fraction of sp³-hybridized carbons (Fsp3) is 0.440. The fourth-order valence-corrected chi connectivity index (χ4v) is 3.99. The van der Waals surface area contributed by atoms with Crippen LogP contribution in [0, 0.1) is 18.3 Å². The van der Waals surface area contributed by atoms with E-state index in [1.807, 2.05) is 23.1 Å². The smallest absolute Gasteiger partial charge is 0.222 e. The molecule has 2 aromatic carbocycles. The molecule has 1 amide bonds. The van der Waals surface area contributed by atoms with Gasteiger partial charge in [0.1, 0.15) is 0 Å². The number of nitrogens with zero attached hydrogens (tertiary/aromatic N) is 2. The predicted octanol–water partition coefficient (Wildman–Crippen LogP) is 4.55. The Bertz CT molecular complexity index is 810. The van der Waals surface area contributed by atoms with E-state index in [0.29, 0.717) is 18.9 Å². The van der Waals surface area contributed by atoms with E-state index in [2.05, 4.69) is 54.7 Å². The first kappa shape index (κ1) is 21.1. The Kier molecular flexibility index (Phi) is 7.84. The lowest BCUT2D eigenvalue weighted by Crippen LogP contribution is -2.37. The summed E-state index contributed by atoms with van der Waals surface area (Å²) in [6.45, 7) is 3.69. The van der Waals surface area contributed by atoms with Crippen LogP contribution in [0.5, 0.6) is 0 Å². The van der Waals surface area contributed by atoms with Gasteiger partial charge >= 0.3 is 0 Å². The minimum atomic E-state index is 0.230. The van der Waals surface area contributed by atoms with Gasteiger partial charge in [-0.1, -0.05) is 60.2 Å². The maximum absolute atomic E-state index is 12.6. The van der Waals surface area contributed by atoms with Crippen LogP contribution >= 0.6 is 0 Å². The van der Waals surface area contributed by atoms with Gasteiger partial charge in [-0.05, 0) is 43.7 Å². The number of hydrogen-bond acceptors (Lipinski definition) is 3. The molecule has 1 aliphatic rings. The molecule has 1 aliphatic heterocycles. The number of nitrogens with one attached hydrogen (secondary N) is 1. The highest BCUT2D eigenvalue weighted by Crippen LogP contribution is 2.23. The van der Waals surface area contributed by atoms with E-state index < -0.39 is 0 Å². The minimum Gasteiger partial charge on any atom is -0.341 e. The highest BCUT2D eigenvalue weighted by molar-refractivity contribution is 5.76. The number of unbranched alkanes of at least 4 members (excludes halogenated alkanes) is 1. The molecule has 0 unspecified atom stereocenters. The number of likely N-dealkylation sites (tertiary alicyclic amines) is 1. The summed E-state index contributed by atoms with van der Waals surface area (Å²) in [5, 5.41) is 12.7. The van der Waals surface area contributed by atoms with Gasteiger partial charge in [-0.15, -0.1) is 0 Å². The maximum Gasteiger partial charge on any atom is 0.222 e. The van der Waals surface area contributed by atoms with Crippen LogP contribution in [0.25, 0.3) is 0 Å². The van der Waals surface area contributed by atoms with E-state index in [4.69, 9.17) is 5.26 Å². The molecule has 4 heteroatoms. The summed E-state index contributed by atoms with van der Waals surface area (Å²) in [5.41, 5.74) is 3.73. The lowest BCUT2D eigenvalue weighted by molar-refractivity contribution is -0.130. The third kappa shape index (κ3) is 6.44. The molecular formula is C25H31N3O. The Morgan fingerprint density at radius 2 is 1.97 bits per heavy atom. The van der Waals surface area contributed by atoms with Crippen LogP contribution in [0.15, 0.2) is 54.6 Å². The third-order valence-electron chi connectivity index (χ3n) is 5.71. The summed E-state index contributed by atoms with van der Waals surface area (Å²) in [7, 11) is 0. The van der Waals surface area contributed by atoms with E-state index in [-0.39, 0.29) is 11.9 Å². The summed E-state index contributed by atoms with van der Waals surface area (Å²) in [6.07, 6.45) is 4.76. The molecule has 0 spiro atoms. The minimum absolute atomic E-state index is 0.230. The van der Waals surface area contributed by atoms with E-state index in [1.54, 1.807) is 0 Å². The first-order chi connectivity index (χ1) is 14.2. The number of carbonyl (C=O) groups excluding carboxylic acids is 1. The Hall–Kier alpha value is -2.64. The summed E-state index contributed by atoms with van der Waals surface area (Å²) in [5.74, 6) is 0.245. The highest BCUT2D eigenvalue weighted by Gasteiger charge is 2.27. The average Bonchev–Trinajstić information content (AvgIpc) is 3.21. The molecule has 0 bridgehead atoms. The first-order valence-corrected chi connectivity index (χ1v) is 10.7. The van der Waals surface area contributed by atoms with Crippen LogP contribution in [-0.4, -0.2) is 29.9 Å². The van der Waals surface area contributed by atoms with Crippen molar-refractivity contribution in [1.29, 1.82) is 5.26 Å². The molecule has 1 heterocycles. The highest BCUT2D eigenvalue weighted by atomic mass is 16.2. The number of benzene rings is 2. The second-order valence-electron chi connectivity index (χ2n) is 7.99. The average molecular weight is 390 g/mol. The number of rotatable bonds is 9. The molecule has 1 fully saturated rings. The second-order valence-corrected chi connectivity index (χ2v) is 7.99. The van der Waals surface area contributed by atoms with Crippen molar-refractivity contribution < 1.29 is 4.79 Å². The number of carbonyl (C=O) groups is 1. The van der Waals surface area contributed by atoms with Crippen molar-refractivity contribution in [2.45, 2.75) is 57.5 Å².